The normalized spacial score (nSPS) is 9.94. The van der Waals surface area contributed by atoms with Crippen LogP contribution >= 0.6 is 0 Å². The maximum Gasteiger partial charge on any atom is 0.0992 e. The first kappa shape index (κ1) is 11.2. The van der Waals surface area contributed by atoms with E-state index in [0.717, 1.165) is 16.9 Å². The number of benzene rings is 1. The molecule has 0 aliphatic carbocycles. The molecule has 2 aromatic rings. The minimum atomic E-state index is 0.665. The Kier molecular flexibility index (Phi) is 3.10. The zero-order valence-electron chi connectivity index (χ0n) is 9.94. The Balaban J connectivity index is 2.07. The second-order valence-corrected chi connectivity index (χ2v) is 3.96. The highest BCUT2D eigenvalue weighted by Gasteiger charge is 2.02. The Hall–Kier alpha value is -2.28. The van der Waals surface area contributed by atoms with E-state index in [9.17, 15) is 0 Å². The van der Waals surface area contributed by atoms with Crippen LogP contribution in [-0.4, -0.2) is 9.78 Å². The van der Waals surface area contributed by atoms with E-state index in [1.807, 2.05) is 38.4 Å². The van der Waals surface area contributed by atoms with Gasteiger partial charge in [0.05, 0.1) is 17.3 Å². The van der Waals surface area contributed by atoms with Gasteiger partial charge in [-0.15, -0.1) is 0 Å². The van der Waals surface area contributed by atoms with Crippen molar-refractivity contribution >= 4 is 5.69 Å². The Bertz CT molecular complexity index is 563. The van der Waals surface area contributed by atoms with Gasteiger partial charge >= 0.3 is 0 Å². The Morgan fingerprint density at radius 1 is 1.47 bits per heavy atom. The van der Waals surface area contributed by atoms with Gasteiger partial charge in [0.2, 0.25) is 0 Å². The third-order valence-corrected chi connectivity index (χ3v) is 2.59. The summed E-state index contributed by atoms with van der Waals surface area (Å²) < 4.78 is 1.80. The molecule has 0 spiro atoms. The van der Waals surface area contributed by atoms with Crippen LogP contribution in [0.5, 0.6) is 0 Å². The summed E-state index contributed by atoms with van der Waals surface area (Å²) >= 11 is 0. The fourth-order valence-corrected chi connectivity index (χ4v) is 1.72. The SMILES string of the molecule is Cc1nn(C)cc1CNc1cccc(C#N)c1. The van der Waals surface area contributed by atoms with Crippen molar-refractivity contribution in [3.05, 3.63) is 47.3 Å². The molecule has 0 saturated carbocycles. The number of hydrogen-bond donors (Lipinski definition) is 1. The minimum Gasteiger partial charge on any atom is -0.381 e. The van der Waals surface area contributed by atoms with Gasteiger partial charge in [-0.2, -0.15) is 10.4 Å². The van der Waals surface area contributed by atoms with Crippen LogP contribution in [0.2, 0.25) is 0 Å². The van der Waals surface area contributed by atoms with Gasteiger partial charge in [-0.1, -0.05) is 6.07 Å². The number of nitrogens with zero attached hydrogens (tertiary/aromatic N) is 3. The molecular weight excluding hydrogens is 212 g/mol. The zero-order chi connectivity index (χ0) is 12.3. The van der Waals surface area contributed by atoms with E-state index < -0.39 is 0 Å². The molecule has 1 aromatic carbocycles. The fourth-order valence-electron chi connectivity index (χ4n) is 1.72. The van der Waals surface area contributed by atoms with Crippen LogP contribution in [0.25, 0.3) is 0 Å². The van der Waals surface area contributed by atoms with Crippen LogP contribution < -0.4 is 5.32 Å². The third kappa shape index (κ3) is 2.64. The van der Waals surface area contributed by atoms with Gasteiger partial charge in [-0.25, -0.2) is 0 Å². The number of anilines is 1. The average molecular weight is 226 g/mol. The van der Waals surface area contributed by atoms with E-state index in [2.05, 4.69) is 16.5 Å². The second-order valence-electron chi connectivity index (χ2n) is 3.96. The molecule has 0 aliphatic rings. The average Bonchev–Trinajstić information content (AvgIpc) is 2.65. The van der Waals surface area contributed by atoms with Crippen molar-refractivity contribution < 1.29 is 0 Å². The smallest absolute Gasteiger partial charge is 0.0992 e. The lowest BCUT2D eigenvalue weighted by Gasteiger charge is -2.05. The zero-order valence-corrected chi connectivity index (χ0v) is 9.94. The van der Waals surface area contributed by atoms with Crippen molar-refractivity contribution in [2.45, 2.75) is 13.5 Å². The van der Waals surface area contributed by atoms with Crippen LogP contribution in [0.4, 0.5) is 5.69 Å². The Morgan fingerprint density at radius 2 is 2.29 bits per heavy atom. The summed E-state index contributed by atoms with van der Waals surface area (Å²) in [5.74, 6) is 0. The van der Waals surface area contributed by atoms with Crippen LogP contribution in [0.15, 0.2) is 30.5 Å². The predicted molar refractivity (Wildman–Crippen MR) is 66.4 cm³/mol. The van der Waals surface area contributed by atoms with Crippen LogP contribution in [0.1, 0.15) is 16.8 Å². The molecule has 2 rings (SSSR count). The highest BCUT2D eigenvalue weighted by Crippen LogP contribution is 2.12. The van der Waals surface area contributed by atoms with Gasteiger partial charge in [-0.3, -0.25) is 4.68 Å². The Labute approximate surface area is 100 Å². The first-order valence-electron chi connectivity index (χ1n) is 5.42. The largest absolute Gasteiger partial charge is 0.381 e. The highest BCUT2D eigenvalue weighted by molar-refractivity contribution is 5.49. The van der Waals surface area contributed by atoms with E-state index >= 15 is 0 Å². The van der Waals surface area contributed by atoms with Crippen molar-refractivity contribution in [3.63, 3.8) is 0 Å². The summed E-state index contributed by atoms with van der Waals surface area (Å²) in [4.78, 5) is 0. The van der Waals surface area contributed by atoms with E-state index in [0.29, 0.717) is 12.1 Å². The number of aromatic nitrogens is 2. The van der Waals surface area contributed by atoms with Gasteiger partial charge in [-0.05, 0) is 25.1 Å². The summed E-state index contributed by atoms with van der Waals surface area (Å²) in [6, 6.07) is 9.58. The molecule has 0 aliphatic heterocycles. The second kappa shape index (κ2) is 4.71. The standard InChI is InChI=1S/C13H14N4/c1-10-12(9-17(2)16-10)8-15-13-5-3-4-11(6-13)7-14/h3-6,9,15H,8H2,1-2H3. The molecule has 0 atom stereocenters. The van der Waals surface area contributed by atoms with Crippen molar-refractivity contribution in [2.24, 2.45) is 7.05 Å². The molecule has 0 radical (unpaired) electrons. The van der Waals surface area contributed by atoms with Gasteiger partial charge in [0, 0.05) is 31.0 Å². The number of nitrogens with one attached hydrogen (secondary N) is 1. The molecule has 4 nitrogen and oxygen atoms in total. The van der Waals surface area contributed by atoms with Gasteiger partial charge in [0.1, 0.15) is 0 Å². The molecule has 1 N–H and O–H groups in total. The summed E-state index contributed by atoms with van der Waals surface area (Å²) in [6.45, 7) is 2.71. The number of nitriles is 1. The van der Waals surface area contributed by atoms with Crippen molar-refractivity contribution in [3.8, 4) is 6.07 Å². The summed E-state index contributed by atoms with van der Waals surface area (Å²) in [7, 11) is 1.91. The minimum absolute atomic E-state index is 0.665. The van der Waals surface area contributed by atoms with Crippen LogP contribution in [-0.2, 0) is 13.6 Å². The lowest BCUT2D eigenvalue weighted by Crippen LogP contribution is -1.99. The van der Waals surface area contributed by atoms with Gasteiger partial charge in [0.15, 0.2) is 0 Å². The van der Waals surface area contributed by atoms with Crippen molar-refractivity contribution in [1.82, 2.24) is 9.78 Å². The van der Waals surface area contributed by atoms with Crippen molar-refractivity contribution in [1.29, 1.82) is 5.26 Å². The molecule has 1 aromatic heterocycles. The third-order valence-electron chi connectivity index (χ3n) is 2.59. The predicted octanol–water partition coefficient (Wildman–Crippen LogP) is 2.21. The van der Waals surface area contributed by atoms with Gasteiger partial charge < -0.3 is 5.32 Å². The molecule has 1 heterocycles. The fraction of sp³-hybridized carbons (Fsp3) is 0.231. The van der Waals surface area contributed by atoms with Gasteiger partial charge in [0.25, 0.3) is 0 Å². The molecule has 86 valence electrons. The molecule has 0 unspecified atom stereocenters. The van der Waals surface area contributed by atoms with E-state index in [4.69, 9.17) is 5.26 Å². The number of hydrogen-bond acceptors (Lipinski definition) is 3. The van der Waals surface area contributed by atoms with E-state index in [1.54, 1.807) is 10.7 Å². The monoisotopic (exact) mass is 226 g/mol. The summed E-state index contributed by atoms with van der Waals surface area (Å²) in [5, 5.41) is 16.4. The number of rotatable bonds is 3. The molecular formula is C13H14N4. The quantitative estimate of drug-likeness (QED) is 0.873. The number of aryl methyl sites for hydroxylation is 2. The molecule has 0 saturated heterocycles. The van der Waals surface area contributed by atoms with E-state index in [1.165, 1.54) is 0 Å². The molecule has 17 heavy (non-hydrogen) atoms. The topological polar surface area (TPSA) is 53.6 Å². The lowest BCUT2D eigenvalue weighted by molar-refractivity contribution is 0.756. The van der Waals surface area contributed by atoms with Crippen LogP contribution in [0.3, 0.4) is 0 Å². The first-order chi connectivity index (χ1) is 8.19. The van der Waals surface area contributed by atoms with E-state index in [-0.39, 0.29) is 0 Å². The lowest BCUT2D eigenvalue weighted by atomic mass is 10.2. The first-order valence-corrected chi connectivity index (χ1v) is 5.42. The maximum atomic E-state index is 8.80. The summed E-state index contributed by atoms with van der Waals surface area (Å²) in [5.41, 5.74) is 3.80. The molecule has 0 fully saturated rings. The maximum absolute atomic E-state index is 8.80. The summed E-state index contributed by atoms with van der Waals surface area (Å²) in [6.07, 6.45) is 2.00. The Morgan fingerprint density at radius 3 is 2.94 bits per heavy atom. The highest BCUT2D eigenvalue weighted by atomic mass is 15.2. The molecule has 0 bridgehead atoms. The molecule has 4 heteroatoms. The van der Waals surface area contributed by atoms with Crippen LogP contribution in [0, 0.1) is 18.3 Å². The molecule has 0 amide bonds. The van der Waals surface area contributed by atoms with Crippen molar-refractivity contribution in [2.75, 3.05) is 5.32 Å².